The fourth-order valence-electron chi connectivity index (χ4n) is 2.50. The van der Waals surface area contributed by atoms with E-state index in [0.29, 0.717) is 52.7 Å². The lowest BCUT2D eigenvalue weighted by molar-refractivity contribution is -0.711. The summed E-state index contributed by atoms with van der Waals surface area (Å²) in [5, 5.41) is 21.1. The Labute approximate surface area is 159 Å². The second-order valence-electron chi connectivity index (χ2n) is 6.02. The number of rotatable bonds is 16. The van der Waals surface area contributed by atoms with Crippen molar-refractivity contribution in [2.24, 2.45) is 0 Å². The monoisotopic (exact) mass is 382 g/mol. The maximum atomic E-state index is 10.6. The normalized spacial score (nSPS) is 11.3. The largest absolute Gasteiger partial charge is 0.852 e. The van der Waals surface area contributed by atoms with E-state index >= 15 is 0 Å². The molecule has 0 bridgehead atoms. The van der Waals surface area contributed by atoms with Gasteiger partial charge in [-0.1, -0.05) is 0 Å². The maximum Gasteiger partial charge on any atom is 0.243 e. The minimum atomic E-state index is -0.110. The molecule has 0 amide bonds. The van der Waals surface area contributed by atoms with Gasteiger partial charge in [0, 0.05) is 0 Å². The number of imidazole rings is 2. The van der Waals surface area contributed by atoms with Crippen LogP contribution in [-0.4, -0.2) is 62.0 Å². The van der Waals surface area contributed by atoms with Crippen molar-refractivity contribution in [2.75, 3.05) is 52.9 Å². The molecule has 2 aromatic rings. The van der Waals surface area contributed by atoms with Crippen LogP contribution in [0.2, 0.25) is 0 Å². The van der Waals surface area contributed by atoms with Crippen molar-refractivity contribution in [3.63, 3.8) is 0 Å². The molecule has 0 aliphatic carbocycles. The van der Waals surface area contributed by atoms with E-state index in [1.54, 1.807) is 0 Å². The Kier molecular flexibility index (Phi) is 10.7. The second-order valence-corrected chi connectivity index (χ2v) is 6.02. The minimum absolute atomic E-state index is 0.110. The predicted molar refractivity (Wildman–Crippen MR) is 91.4 cm³/mol. The number of hydrogen-bond acceptors (Lipinski definition) is 5. The van der Waals surface area contributed by atoms with Crippen LogP contribution in [0.4, 0.5) is 0 Å². The maximum absolute atomic E-state index is 10.6. The SMILES string of the molecule is [O-]CC[n+]1ccn(CCOCCOCCOCCn2cc[n+](CC[O-])c2)c1. The Hall–Kier alpha value is -1.78. The molecule has 0 fully saturated rings. The van der Waals surface area contributed by atoms with E-state index < -0.39 is 0 Å². The van der Waals surface area contributed by atoms with Crippen LogP contribution in [0.15, 0.2) is 37.4 Å². The summed E-state index contributed by atoms with van der Waals surface area (Å²) in [4.78, 5) is 0. The van der Waals surface area contributed by atoms with Gasteiger partial charge in [0.15, 0.2) is 0 Å². The molecule has 0 aromatic carbocycles. The van der Waals surface area contributed by atoms with Crippen molar-refractivity contribution < 1.29 is 33.6 Å². The van der Waals surface area contributed by atoms with Crippen molar-refractivity contribution >= 4 is 0 Å². The first-order valence-electron chi connectivity index (χ1n) is 9.31. The topological polar surface area (TPSA) is 91.4 Å². The average Bonchev–Trinajstić information content (AvgIpc) is 3.30. The van der Waals surface area contributed by atoms with E-state index in [0.717, 1.165) is 13.1 Å². The van der Waals surface area contributed by atoms with E-state index in [1.807, 2.05) is 55.7 Å². The van der Waals surface area contributed by atoms with Crippen LogP contribution in [0.3, 0.4) is 0 Å². The summed E-state index contributed by atoms with van der Waals surface area (Å²) >= 11 is 0. The summed E-state index contributed by atoms with van der Waals surface area (Å²) in [5.74, 6) is 0. The second kappa shape index (κ2) is 13.4. The van der Waals surface area contributed by atoms with E-state index in [-0.39, 0.29) is 13.2 Å². The molecule has 0 atom stereocenters. The smallest absolute Gasteiger partial charge is 0.243 e. The van der Waals surface area contributed by atoms with Gasteiger partial charge < -0.3 is 24.4 Å². The van der Waals surface area contributed by atoms with Crippen LogP contribution >= 0.6 is 0 Å². The van der Waals surface area contributed by atoms with Gasteiger partial charge in [0.25, 0.3) is 0 Å². The molecule has 0 aliphatic rings. The Morgan fingerprint density at radius 1 is 0.630 bits per heavy atom. The molecule has 27 heavy (non-hydrogen) atoms. The Balaban J connectivity index is 1.37. The predicted octanol–water partition coefficient (Wildman–Crippen LogP) is -2.66. The molecule has 9 nitrogen and oxygen atoms in total. The quantitative estimate of drug-likeness (QED) is 0.233. The molecule has 0 unspecified atom stereocenters. The molecule has 0 saturated carbocycles. The number of ether oxygens (including phenoxy) is 3. The first-order valence-corrected chi connectivity index (χ1v) is 9.31. The lowest BCUT2D eigenvalue weighted by atomic mass is 10.6. The average molecular weight is 382 g/mol. The van der Waals surface area contributed by atoms with Crippen LogP contribution in [0, 0.1) is 0 Å². The lowest BCUT2D eigenvalue weighted by Crippen LogP contribution is -2.36. The Morgan fingerprint density at radius 2 is 1.04 bits per heavy atom. The summed E-state index contributed by atoms with van der Waals surface area (Å²) in [6, 6.07) is 0. The van der Waals surface area contributed by atoms with Gasteiger partial charge in [0.05, 0.1) is 52.7 Å². The summed E-state index contributed by atoms with van der Waals surface area (Å²) in [6.45, 7) is 5.66. The van der Waals surface area contributed by atoms with Crippen LogP contribution in [0.5, 0.6) is 0 Å². The van der Waals surface area contributed by atoms with Crippen molar-refractivity contribution in [3.8, 4) is 0 Å². The van der Waals surface area contributed by atoms with Crippen molar-refractivity contribution in [1.82, 2.24) is 9.13 Å². The fraction of sp³-hybridized carbons (Fsp3) is 0.667. The Bertz CT molecular complexity index is 564. The number of nitrogens with zero attached hydrogens (tertiary/aromatic N) is 4. The zero-order valence-corrected chi connectivity index (χ0v) is 15.8. The molecule has 2 aromatic heterocycles. The lowest BCUT2D eigenvalue weighted by Gasteiger charge is -2.06. The third kappa shape index (κ3) is 9.12. The molecule has 152 valence electrons. The van der Waals surface area contributed by atoms with E-state index in [2.05, 4.69) is 0 Å². The van der Waals surface area contributed by atoms with E-state index in [9.17, 15) is 10.2 Å². The van der Waals surface area contributed by atoms with Gasteiger partial charge in [0.1, 0.15) is 37.9 Å². The van der Waals surface area contributed by atoms with Gasteiger partial charge >= 0.3 is 0 Å². The number of aromatic nitrogens is 4. The fourth-order valence-corrected chi connectivity index (χ4v) is 2.50. The van der Waals surface area contributed by atoms with E-state index in [1.165, 1.54) is 0 Å². The zero-order valence-electron chi connectivity index (χ0n) is 15.8. The molecule has 0 spiro atoms. The van der Waals surface area contributed by atoms with Crippen molar-refractivity contribution in [1.29, 1.82) is 0 Å². The van der Waals surface area contributed by atoms with Gasteiger partial charge in [0.2, 0.25) is 12.7 Å². The molecule has 0 aliphatic heterocycles. The van der Waals surface area contributed by atoms with Gasteiger partial charge in [-0.2, -0.15) is 0 Å². The molecule has 2 rings (SSSR count). The highest BCUT2D eigenvalue weighted by Gasteiger charge is 2.02. The van der Waals surface area contributed by atoms with Crippen molar-refractivity contribution in [2.45, 2.75) is 26.2 Å². The molecular weight excluding hydrogens is 352 g/mol. The highest BCUT2D eigenvalue weighted by Crippen LogP contribution is 1.89. The van der Waals surface area contributed by atoms with Crippen LogP contribution in [0.25, 0.3) is 0 Å². The standard InChI is InChI=1S/C18H30N4O5/c23-9-5-19-1-3-21(17-19)7-11-25-13-15-27-16-14-26-12-8-22-4-2-20(18-22)6-10-24/h1-4,17-18H,5-16H2. The summed E-state index contributed by atoms with van der Waals surface area (Å²) in [6.07, 6.45) is 11.5. The third-order valence-corrected chi connectivity index (χ3v) is 3.92. The van der Waals surface area contributed by atoms with Gasteiger partial charge in [-0.25, -0.2) is 18.3 Å². The molecule has 9 heteroatoms. The number of hydrogen-bond donors (Lipinski definition) is 0. The highest BCUT2D eigenvalue weighted by molar-refractivity contribution is 4.66. The first kappa shape index (κ1) is 21.5. The molecule has 0 saturated heterocycles. The molecule has 2 heterocycles. The van der Waals surface area contributed by atoms with Gasteiger partial charge in [-0.3, -0.25) is 0 Å². The van der Waals surface area contributed by atoms with Gasteiger partial charge in [-0.05, 0) is 0 Å². The molecular formula is C18H30N4O5. The zero-order chi connectivity index (χ0) is 19.2. The Morgan fingerprint density at radius 3 is 1.44 bits per heavy atom. The summed E-state index contributed by atoms with van der Waals surface area (Å²) in [7, 11) is 0. The summed E-state index contributed by atoms with van der Waals surface area (Å²) in [5.41, 5.74) is 0. The van der Waals surface area contributed by atoms with Crippen LogP contribution in [0.1, 0.15) is 0 Å². The van der Waals surface area contributed by atoms with Crippen LogP contribution < -0.4 is 19.3 Å². The molecule has 0 radical (unpaired) electrons. The summed E-state index contributed by atoms with van der Waals surface area (Å²) < 4.78 is 24.3. The van der Waals surface area contributed by atoms with Gasteiger partial charge in [-0.15, -0.1) is 13.2 Å². The minimum Gasteiger partial charge on any atom is -0.852 e. The highest BCUT2D eigenvalue weighted by atomic mass is 16.5. The van der Waals surface area contributed by atoms with Crippen molar-refractivity contribution in [3.05, 3.63) is 37.4 Å². The molecule has 0 N–H and O–H groups in total. The van der Waals surface area contributed by atoms with Crippen LogP contribution in [-0.2, 0) is 40.4 Å². The van der Waals surface area contributed by atoms with E-state index in [4.69, 9.17) is 14.2 Å². The first-order chi connectivity index (χ1) is 13.3. The third-order valence-electron chi connectivity index (χ3n) is 3.92.